The Labute approximate surface area is 149 Å². The number of benzene rings is 1. The fourth-order valence-electron chi connectivity index (χ4n) is 3.18. The summed E-state index contributed by atoms with van der Waals surface area (Å²) in [6.45, 7) is 10.9. The van der Waals surface area contributed by atoms with Gasteiger partial charge in [-0.1, -0.05) is 42.5 Å². The van der Waals surface area contributed by atoms with Crippen LogP contribution in [0.4, 0.5) is 11.6 Å². The maximum Gasteiger partial charge on any atom is 0.138 e. The Balaban J connectivity index is 1.93. The van der Waals surface area contributed by atoms with Crippen molar-refractivity contribution in [3.8, 4) is 0 Å². The number of hydrogen-bond acceptors (Lipinski definition) is 5. The molecule has 1 atom stereocenters. The van der Waals surface area contributed by atoms with E-state index in [0.717, 1.165) is 43.4 Å². The zero-order valence-corrected chi connectivity index (χ0v) is 14.7. The van der Waals surface area contributed by atoms with Crippen LogP contribution in [0.2, 0.25) is 0 Å². The van der Waals surface area contributed by atoms with Crippen LogP contribution in [0.15, 0.2) is 62.0 Å². The summed E-state index contributed by atoms with van der Waals surface area (Å²) >= 11 is 0. The molecule has 0 saturated carbocycles. The first kappa shape index (κ1) is 17.2. The molecule has 5 nitrogen and oxygen atoms in total. The molecule has 0 unspecified atom stereocenters. The molecule has 5 heteroatoms. The Bertz CT molecular complexity index is 728. The second-order valence-corrected chi connectivity index (χ2v) is 6.26. The second-order valence-electron chi connectivity index (χ2n) is 6.26. The Morgan fingerprint density at radius 3 is 2.80 bits per heavy atom. The summed E-state index contributed by atoms with van der Waals surface area (Å²) < 4.78 is 0. The molecule has 1 aliphatic heterocycles. The predicted molar refractivity (Wildman–Crippen MR) is 104 cm³/mol. The maximum absolute atomic E-state index is 4.57. The molecule has 0 bridgehead atoms. The Hall–Kier alpha value is -2.66. The zero-order valence-electron chi connectivity index (χ0n) is 14.7. The van der Waals surface area contributed by atoms with Gasteiger partial charge in [-0.25, -0.2) is 9.97 Å². The fourth-order valence-corrected chi connectivity index (χ4v) is 3.18. The highest BCUT2D eigenvalue weighted by Crippen LogP contribution is 2.28. The minimum atomic E-state index is 0.210. The fraction of sp³-hybridized carbons (Fsp3) is 0.300. The summed E-state index contributed by atoms with van der Waals surface area (Å²) in [5.41, 5.74) is 2.37. The van der Waals surface area contributed by atoms with Crippen LogP contribution in [0.1, 0.15) is 11.1 Å². The molecule has 0 fully saturated rings. The molecule has 1 aromatic carbocycles. The van der Waals surface area contributed by atoms with Crippen LogP contribution in [0.25, 0.3) is 0 Å². The van der Waals surface area contributed by atoms with E-state index in [9.17, 15) is 0 Å². The van der Waals surface area contributed by atoms with Crippen LogP contribution in [0.3, 0.4) is 0 Å². The van der Waals surface area contributed by atoms with E-state index in [1.165, 1.54) is 5.56 Å². The largest absolute Gasteiger partial charge is 0.355 e. The van der Waals surface area contributed by atoms with Crippen molar-refractivity contribution in [2.24, 2.45) is 0 Å². The molecule has 0 saturated heterocycles. The van der Waals surface area contributed by atoms with Gasteiger partial charge in [-0.3, -0.25) is 0 Å². The van der Waals surface area contributed by atoms with E-state index in [1.54, 1.807) is 6.33 Å². The number of hydrogen-bond donors (Lipinski definition) is 1. The summed E-state index contributed by atoms with van der Waals surface area (Å²) in [5, 5.41) is 3.53. The highest BCUT2D eigenvalue weighted by molar-refractivity contribution is 5.61. The van der Waals surface area contributed by atoms with Crippen LogP contribution in [-0.2, 0) is 13.1 Å². The van der Waals surface area contributed by atoms with Gasteiger partial charge >= 0.3 is 0 Å². The second kappa shape index (κ2) is 7.94. The van der Waals surface area contributed by atoms with E-state index >= 15 is 0 Å². The Kier molecular flexibility index (Phi) is 5.46. The van der Waals surface area contributed by atoms with Gasteiger partial charge in [-0.15, -0.1) is 13.2 Å². The first-order valence-corrected chi connectivity index (χ1v) is 8.53. The third-order valence-corrected chi connectivity index (χ3v) is 4.42. The number of rotatable bonds is 6. The number of nitrogens with zero attached hydrogens (tertiary/aromatic N) is 4. The third kappa shape index (κ3) is 3.88. The van der Waals surface area contributed by atoms with E-state index < -0.39 is 0 Å². The van der Waals surface area contributed by atoms with Gasteiger partial charge in [0.05, 0.1) is 5.56 Å². The van der Waals surface area contributed by atoms with Gasteiger partial charge in [0.25, 0.3) is 0 Å². The third-order valence-electron chi connectivity index (χ3n) is 4.42. The van der Waals surface area contributed by atoms with Crippen molar-refractivity contribution < 1.29 is 0 Å². The predicted octanol–water partition coefficient (Wildman–Crippen LogP) is 2.76. The SMILES string of the molecule is C=CCN1C[C@@H](C=C)NCc2c(N(C)Cc3ccccc3)ncnc21. The lowest BCUT2D eigenvalue weighted by Crippen LogP contribution is -2.37. The molecule has 130 valence electrons. The average molecular weight is 335 g/mol. The lowest BCUT2D eigenvalue weighted by molar-refractivity contribution is 0.603. The molecule has 1 aromatic heterocycles. The van der Waals surface area contributed by atoms with Gasteiger partial charge < -0.3 is 15.1 Å². The van der Waals surface area contributed by atoms with Crippen molar-refractivity contribution >= 4 is 11.6 Å². The molecule has 0 amide bonds. The van der Waals surface area contributed by atoms with Crippen molar-refractivity contribution in [2.75, 3.05) is 29.9 Å². The molecule has 0 aliphatic carbocycles. The summed E-state index contributed by atoms with van der Waals surface area (Å²) in [5.74, 6) is 1.93. The zero-order chi connectivity index (χ0) is 17.6. The van der Waals surface area contributed by atoms with E-state index in [0.29, 0.717) is 0 Å². The highest BCUT2D eigenvalue weighted by atomic mass is 15.3. The van der Waals surface area contributed by atoms with E-state index in [4.69, 9.17) is 0 Å². The normalized spacial score (nSPS) is 16.7. The van der Waals surface area contributed by atoms with Gasteiger partial charge in [0.1, 0.15) is 18.0 Å². The summed E-state index contributed by atoms with van der Waals surface area (Å²) in [4.78, 5) is 13.5. The molecule has 0 spiro atoms. The smallest absolute Gasteiger partial charge is 0.138 e. The number of fused-ring (bicyclic) bond motifs is 1. The quantitative estimate of drug-likeness (QED) is 0.823. The van der Waals surface area contributed by atoms with Crippen LogP contribution in [0.5, 0.6) is 0 Å². The molecule has 1 N–H and O–H groups in total. The topological polar surface area (TPSA) is 44.3 Å². The van der Waals surface area contributed by atoms with E-state index in [2.05, 4.69) is 69.6 Å². The first-order chi connectivity index (χ1) is 12.2. The van der Waals surface area contributed by atoms with Gasteiger partial charge in [0.15, 0.2) is 0 Å². The minimum Gasteiger partial charge on any atom is -0.355 e. The van der Waals surface area contributed by atoms with Crippen LogP contribution < -0.4 is 15.1 Å². The van der Waals surface area contributed by atoms with Gasteiger partial charge in [-0.2, -0.15) is 0 Å². The first-order valence-electron chi connectivity index (χ1n) is 8.53. The lowest BCUT2D eigenvalue weighted by atomic mass is 10.2. The highest BCUT2D eigenvalue weighted by Gasteiger charge is 2.24. The summed E-state index contributed by atoms with van der Waals surface area (Å²) in [6.07, 6.45) is 5.51. The average Bonchev–Trinajstić information content (AvgIpc) is 2.82. The molecule has 25 heavy (non-hydrogen) atoms. The standard InChI is InChI=1S/C20H25N5/c1-4-11-25-14-17(5-2)21-12-18-19(22-15-23-20(18)25)24(3)13-16-9-7-6-8-10-16/h4-10,15,17,21H,1-2,11-14H2,3H3/t17-/m1/s1. The molecule has 2 heterocycles. The van der Waals surface area contributed by atoms with Gasteiger partial charge in [0.2, 0.25) is 0 Å². The molecular weight excluding hydrogens is 310 g/mol. The van der Waals surface area contributed by atoms with Crippen LogP contribution >= 0.6 is 0 Å². The van der Waals surface area contributed by atoms with Crippen molar-refractivity contribution in [1.29, 1.82) is 0 Å². The van der Waals surface area contributed by atoms with Crippen LogP contribution in [0, 0.1) is 0 Å². The molecule has 2 aromatic rings. The van der Waals surface area contributed by atoms with Crippen molar-refractivity contribution in [1.82, 2.24) is 15.3 Å². The molecule has 3 rings (SSSR count). The van der Waals surface area contributed by atoms with Crippen molar-refractivity contribution in [3.63, 3.8) is 0 Å². The maximum atomic E-state index is 4.57. The van der Waals surface area contributed by atoms with Crippen molar-refractivity contribution in [3.05, 3.63) is 73.1 Å². The minimum absolute atomic E-state index is 0.210. The Morgan fingerprint density at radius 1 is 1.28 bits per heavy atom. The number of nitrogens with one attached hydrogen (secondary N) is 1. The van der Waals surface area contributed by atoms with Crippen LogP contribution in [-0.4, -0.2) is 36.1 Å². The number of anilines is 2. The molecule has 1 aliphatic rings. The molecule has 0 radical (unpaired) electrons. The monoisotopic (exact) mass is 335 g/mol. The van der Waals surface area contributed by atoms with E-state index in [1.807, 2.05) is 18.2 Å². The van der Waals surface area contributed by atoms with Gasteiger partial charge in [0, 0.05) is 39.3 Å². The number of aromatic nitrogens is 2. The van der Waals surface area contributed by atoms with Crippen molar-refractivity contribution in [2.45, 2.75) is 19.1 Å². The summed E-state index contributed by atoms with van der Waals surface area (Å²) in [7, 11) is 2.07. The lowest BCUT2D eigenvalue weighted by Gasteiger charge is -2.26. The Morgan fingerprint density at radius 2 is 2.08 bits per heavy atom. The van der Waals surface area contributed by atoms with E-state index in [-0.39, 0.29) is 6.04 Å². The summed E-state index contributed by atoms with van der Waals surface area (Å²) in [6, 6.07) is 10.6. The van der Waals surface area contributed by atoms with Gasteiger partial charge in [-0.05, 0) is 5.56 Å². The molecular formula is C20H25N5.